The van der Waals surface area contributed by atoms with Gasteiger partial charge >= 0.3 is 0 Å². The first-order valence-corrected chi connectivity index (χ1v) is 7.78. The van der Waals surface area contributed by atoms with Crippen LogP contribution in [-0.2, 0) is 13.0 Å². The van der Waals surface area contributed by atoms with Crippen LogP contribution in [0.4, 0.5) is 0 Å². The first kappa shape index (κ1) is 16.9. The van der Waals surface area contributed by atoms with E-state index in [1.54, 1.807) is 12.1 Å². The van der Waals surface area contributed by atoms with E-state index in [0.717, 1.165) is 17.7 Å². The molecule has 1 aromatic heterocycles. The molecule has 4 heteroatoms. The second-order valence-electron chi connectivity index (χ2n) is 5.76. The van der Waals surface area contributed by atoms with E-state index in [1.807, 2.05) is 44.2 Å². The van der Waals surface area contributed by atoms with Crippen molar-refractivity contribution in [2.24, 2.45) is 5.92 Å². The van der Waals surface area contributed by atoms with Gasteiger partial charge in [-0.15, -0.1) is 6.58 Å². The number of hydrogen-bond donors (Lipinski definition) is 1. The predicted molar refractivity (Wildman–Crippen MR) is 90.6 cm³/mol. The van der Waals surface area contributed by atoms with Gasteiger partial charge in [0.25, 0.3) is 5.91 Å². The number of hydrogen-bond acceptors (Lipinski definition) is 3. The molecule has 0 fully saturated rings. The summed E-state index contributed by atoms with van der Waals surface area (Å²) in [5.41, 5.74) is 1.07. The van der Waals surface area contributed by atoms with Crippen LogP contribution in [0.25, 0.3) is 0 Å². The van der Waals surface area contributed by atoms with Gasteiger partial charge in [-0.05, 0) is 36.1 Å². The fraction of sp³-hybridized carbons (Fsp3) is 0.316. The molecule has 0 saturated carbocycles. The number of furan rings is 1. The summed E-state index contributed by atoms with van der Waals surface area (Å²) in [4.78, 5) is 11.9. The first-order chi connectivity index (χ1) is 11.1. The summed E-state index contributed by atoms with van der Waals surface area (Å²) in [6.45, 7) is 8.75. The lowest BCUT2D eigenvalue weighted by molar-refractivity contribution is 0.0917. The molecule has 0 saturated heterocycles. The number of allylic oxidation sites excluding steroid dienone is 1. The van der Waals surface area contributed by atoms with Crippen molar-refractivity contribution < 1.29 is 13.9 Å². The Morgan fingerprint density at radius 3 is 2.83 bits per heavy atom. The first-order valence-electron chi connectivity index (χ1n) is 7.78. The van der Waals surface area contributed by atoms with Gasteiger partial charge in [0.05, 0.1) is 0 Å². The third kappa shape index (κ3) is 5.02. The maximum absolute atomic E-state index is 11.9. The minimum atomic E-state index is -0.197. The van der Waals surface area contributed by atoms with Gasteiger partial charge in [0.1, 0.15) is 18.1 Å². The summed E-state index contributed by atoms with van der Waals surface area (Å²) in [7, 11) is 0. The van der Waals surface area contributed by atoms with E-state index < -0.39 is 0 Å². The Kier molecular flexibility index (Phi) is 6.03. The van der Waals surface area contributed by atoms with Crippen molar-refractivity contribution in [3.8, 4) is 5.75 Å². The van der Waals surface area contributed by atoms with Crippen molar-refractivity contribution in [2.45, 2.75) is 26.9 Å². The Morgan fingerprint density at radius 2 is 2.09 bits per heavy atom. The molecule has 1 aromatic carbocycles. The smallest absolute Gasteiger partial charge is 0.287 e. The maximum Gasteiger partial charge on any atom is 0.287 e. The number of para-hydroxylation sites is 1. The number of ether oxygens (including phenoxy) is 1. The van der Waals surface area contributed by atoms with Crippen LogP contribution in [0.15, 0.2) is 53.5 Å². The zero-order valence-electron chi connectivity index (χ0n) is 13.7. The molecule has 0 spiro atoms. The molecular weight excluding hydrogens is 290 g/mol. The lowest BCUT2D eigenvalue weighted by Gasteiger charge is -2.09. The third-order valence-electron chi connectivity index (χ3n) is 3.26. The molecule has 0 aliphatic heterocycles. The molecule has 4 nitrogen and oxygen atoms in total. The molecular formula is C19H23NO3. The van der Waals surface area contributed by atoms with E-state index in [-0.39, 0.29) is 12.5 Å². The Morgan fingerprint density at radius 1 is 1.30 bits per heavy atom. The lowest BCUT2D eigenvalue weighted by Crippen LogP contribution is -2.26. The second kappa shape index (κ2) is 8.22. The van der Waals surface area contributed by atoms with Crippen LogP contribution in [0.5, 0.6) is 5.75 Å². The number of rotatable bonds is 8. The summed E-state index contributed by atoms with van der Waals surface area (Å²) < 4.78 is 11.3. The molecule has 1 amide bonds. The van der Waals surface area contributed by atoms with Crippen LogP contribution in [-0.4, -0.2) is 12.5 Å². The van der Waals surface area contributed by atoms with Gasteiger partial charge in [-0.25, -0.2) is 0 Å². The van der Waals surface area contributed by atoms with Crippen LogP contribution in [0.3, 0.4) is 0 Å². The van der Waals surface area contributed by atoms with Crippen molar-refractivity contribution in [1.82, 2.24) is 5.32 Å². The summed E-state index contributed by atoms with van der Waals surface area (Å²) in [5, 5.41) is 2.83. The van der Waals surface area contributed by atoms with Crippen LogP contribution in [0.1, 0.15) is 35.7 Å². The normalized spacial score (nSPS) is 10.6. The highest BCUT2D eigenvalue weighted by atomic mass is 16.5. The number of carbonyl (C=O) groups is 1. The third-order valence-corrected chi connectivity index (χ3v) is 3.26. The monoisotopic (exact) mass is 313 g/mol. The van der Waals surface area contributed by atoms with Gasteiger partial charge in [-0.1, -0.05) is 38.1 Å². The van der Waals surface area contributed by atoms with E-state index in [9.17, 15) is 4.79 Å². The lowest BCUT2D eigenvalue weighted by atomic mass is 10.1. The molecule has 0 aliphatic carbocycles. The molecule has 0 bridgehead atoms. The Hall–Kier alpha value is -2.49. The summed E-state index contributed by atoms with van der Waals surface area (Å²) >= 11 is 0. The van der Waals surface area contributed by atoms with E-state index in [2.05, 4.69) is 11.9 Å². The minimum Gasteiger partial charge on any atom is -0.485 e. The topological polar surface area (TPSA) is 51.5 Å². The molecule has 0 aliphatic rings. The maximum atomic E-state index is 11.9. The van der Waals surface area contributed by atoms with Crippen molar-refractivity contribution in [2.75, 3.05) is 6.54 Å². The van der Waals surface area contributed by atoms with Crippen LogP contribution >= 0.6 is 0 Å². The fourth-order valence-corrected chi connectivity index (χ4v) is 2.08. The molecule has 2 rings (SSSR count). The Balaban J connectivity index is 1.95. The SMILES string of the molecule is C=CCc1ccccc1OCc1ccc(C(=O)NCC(C)C)o1. The number of benzene rings is 1. The summed E-state index contributed by atoms with van der Waals surface area (Å²) in [6.07, 6.45) is 2.59. The molecule has 1 heterocycles. The van der Waals surface area contributed by atoms with Crippen LogP contribution in [0, 0.1) is 5.92 Å². The standard InChI is InChI=1S/C19H23NO3/c1-4-7-15-8-5-6-9-17(15)22-13-16-10-11-18(23-16)19(21)20-12-14(2)3/h4-6,8-11,14H,1,7,12-13H2,2-3H3,(H,20,21). The van der Waals surface area contributed by atoms with Gasteiger partial charge in [0.2, 0.25) is 0 Å². The highest BCUT2D eigenvalue weighted by Crippen LogP contribution is 2.20. The van der Waals surface area contributed by atoms with Gasteiger partial charge < -0.3 is 14.5 Å². The Bertz CT molecular complexity index is 658. The molecule has 1 N–H and O–H groups in total. The quantitative estimate of drug-likeness (QED) is 0.750. The van der Waals surface area contributed by atoms with Gasteiger partial charge in [0.15, 0.2) is 5.76 Å². The van der Waals surface area contributed by atoms with Crippen LogP contribution in [0.2, 0.25) is 0 Å². The summed E-state index contributed by atoms with van der Waals surface area (Å²) in [6, 6.07) is 11.2. The molecule has 0 radical (unpaired) electrons. The molecule has 0 atom stereocenters. The van der Waals surface area contributed by atoms with Crippen LogP contribution < -0.4 is 10.1 Å². The average molecular weight is 313 g/mol. The summed E-state index contributed by atoms with van der Waals surface area (Å²) in [5.74, 6) is 1.93. The largest absolute Gasteiger partial charge is 0.485 e. The fourth-order valence-electron chi connectivity index (χ4n) is 2.08. The van der Waals surface area contributed by atoms with E-state index >= 15 is 0 Å². The molecule has 0 unspecified atom stereocenters. The van der Waals surface area contributed by atoms with E-state index in [4.69, 9.17) is 9.15 Å². The zero-order chi connectivity index (χ0) is 16.7. The van der Waals surface area contributed by atoms with Gasteiger partial charge in [-0.3, -0.25) is 4.79 Å². The average Bonchev–Trinajstić information content (AvgIpc) is 3.01. The van der Waals surface area contributed by atoms with E-state index in [0.29, 0.717) is 24.0 Å². The minimum absolute atomic E-state index is 0.197. The van der Waals surface area contributed by atoms with Gasteiger partial charge in [-0.2, -0.15) is 0 Å². The number of carbonyl (C=O) groups excluding carboxylic acids is 1. The van der Waals surface area contributed by atoms with Crippen molar-refractivity contribution in [3.63, 3.8) is 0 Å². The van der Waals surface area contributed by atoms with Crippen molar-refractivity contribution >= 4 is 5.91 Å². The highest BCUT2D eigenvalue weighted by molar-refractivity contribution is 5.91. The molecule has 23 heavy (non-hydrogen) atoms. The van der Waals surface area contributed by atoms with Gasteiger partial charge in [0, 0.05) is 6.54 Å². The number of amides is 1. The molecule has 122 valence electrons. The predicted octanol–water partition coefficient (Wildman–Crippen LogP) is 3.97. The highest BCUT2D eigenvalue weighted by Gasteiger charge is 2.12. The second-order valence-corrected chi connectivity index (χ2v) is 5.76. The van der Waals surface area contributed by atoms with E-state index in [1.165, 1.54) is 0 Å². The number of nitrogens with one attached hydrogen (secondary N) is 1. The molecule has 2 aromatic rings. The van der Waals surface area contributed by atoms with Crippen molar-refractivity contribution in [1.29, 1.82) is 0 Å². The van der Waals surface area contributed by atoms with Crippen molar-refractivity contribution in [3.05, 3.63) is 66.1 Å². The Labute approximate surface area is 137 Å². The zero-order valence-corrected chi connectivity index (χ0v) is 13.7.